The summed E-state index contributed by atoms with van der Waals surface area (Å²) in [5, 5.41) is 0.348. The van der Waals surface area contributed by atoms with Crippen molar-refractivity contribution in [2.75, 3.05) is 6.61 Å². The lowest BCUT2D eigenvalue weighted by Gasteiger charge is -2.15. The third-order valence-corrected chi connectivity index (χ3v) is 3.35. The zero-order valence-electron chi connectivity index (χ0n) is 12.4. The number of carbonyl (C=O) groups is 3. The van der Waals surface area contributed by atoms with Crippen LogP contribution in [-0.2, 0) is 4.79 Å². The van der Waals surface area contributed by atoms with E-state index in [0.29, 0.717) is 11.1 Å². The predicted octanol–water partition coefficient (Wildman–Crippen LogP) is 1.81. The second-order valence-corrected chi connectivity index (χ2v) is 5.01. The number of halogens is 3. The van der Waals surface area contributed by atoms with Gasteiger partial charge in [-0.15, -0.1) is 0 Å². The Kier molecular flexibility index (Phi) is 4.14. The molecule has 6 nitrogen and oxygen atoms in total. The first-order valence-electron chi connectivity index (χ1n) is 6.93. The molecule has 0 aromatic heterocycles. The van der Waals surface area contributed by atoms with E-state index in [2.05, 4.69) is 0 Å². The van der Waals surface area contributed by atoms with E-state index in [1.807, 2.05) is 5.43 Å². The van der Waals surface area contributed by atoms with Crippen molar-refractivity contribution in [1.82, 2.24) is 10.4 Å². The van der Waals surface area contributed by atoms with E-state index in [1.54, 1.807) is 0 Å². The first-order chi connectivity index (χ1) is 11.9. The molecule has 0 spiro atoms. The van der Waals surface area contributed by atoms with Crippen LogP contribution in [0.15, 0.2) is 36.4 Å². The van der Waals surface area contributed by atoms with Gasteiger partial charge in [-0.2, -0.15) is 5.01 Å². The van der Waals surface area contributed by atoms with E-state index in [4.69, 9.17) is 4.74 Å². The van der Waals surface area contributed by atoms with Crippen LogP contribution in [0.2, 0.25) is 0 Å². The van der Waals surface area contributed by atoms with Crippen LogP contribution in [0.3, 0.4) is 0 Å². The minimum atomic E-state index is -1.03. The Bertz CT molecular complexity index is 901. The summed E-state index contributed by atoms with van der Waals surface area (Å²) in [7, 11) is 0. The second-order valence-electron chi connectivity index (χ2n) is 5.01. The molecule has 128 valence electrons. The summed E-state index contributed by atoms with van der Waals surface area (Å²) in [5.41, 5.74) is 1.33. The molecule has 0 saturated heterocycles. The van der Waals surface area contributed by atoms with E-state index in [-0.39, 0.29) is 11.3 Å². The average Bonchev–Trinajstić information content (AvgIpc) is 2.80. The number of imide groups is 1. The van der Waals surface area contributed by atoms with Gasteiger partial charge in [0.2, 0.25) is 0 Å². The van der Waals surface area contributed by atoms with Gasteiger partial charge in [-0.05, 0) is 24.3 Å². The van der Waals surface area contributed by atoms with Gasteiger partial charge in [-0.3, -0.25) is 19.8 Å². The first kappa shape index (κ1) is 16.5. The number of rotatable bonds is 4. The standard InChI is InChI=1S/C16H9F3N2O4/c17-8-4-5-12(11(19)6-8)25-7-13(22)20-21-15(23)9-2-1-3-10(18)14(9)16(21)24/h1-6H,7H2,(H,20,22). The smallest absolute Gasteiger partial charge is 0.283 e. The highest BCUT2D eigenvalue weighted by molar-refractivity contribution is 6.21. The molecule has 1 aliphatic heterocycles. The molecular weight excluding hydrogens is 341 g/mol. The minimum absolute atomic E-state index is 0.184. The monoisotopic (exact) mass is 350 g/mol. The molecule has 0 unspecified atom stereocenters. The quantitative estimate of drug-likeness (QED) is 0.854. The summed E-state index contributed by atoms with van der Waals surface area (Å²) < 4.78 is 44.7. The van der Waals surface area contributed by atoms with Crippen molar-refractivity contribution in [3.05, 3.63) is 65.0 Å². The highest BCUT2D eigenvalue weighted by Crippen LogP contribution is 2.23. The van der Waals surface area contributed by atoms with Gasteiger partial charge in [0, 0.05) is 6.07 Å². The summed E-state index contributed by atoms with van der Waals surface area (Å²) in [6.07, 6.45) is 0. The summed E-state index contributed by atoms with van der Waals surface area (Å²) in [4.78, 5) is 35.9. The second kappa shape index (κ2) is 6.27. The number of benzene rings is 2. The van der Waals surface area contributed by atoms with Gasteiger partial charge in [-0.25, -0.2) is 13.2 Å². The van der Waals surface area contributed by atoms with Gasteiger partial charge in [-0.1, -0.05) is 6.07 Å². The Morgan fingerprint density at radius 2 is 1.80 bits per heavy atom. The molecule has 0 atom stereocenters. The number of hydrogen-bond acceptors (Lipinski definition) is 4. The normalized spacial score (nSPS) is 13.0. The molecule has 3 rings (SSSR count). The summed E-state index contributed by atoms with van der Waals surface area (Å²) in [6, 6.07) is 5.99. The number of fused-ring (bicyclic) bond motifs is 1. The molecule has 25 heavy (non-hydrogen) atoms. The molecule has 0 aliphatic carbocycles. The number of carbonyl (C=O) groups excluding carboxylic acids is 3. The van der Waals surface area contributed by atoms with Crippen LogP contribution >= 0.6 is 0 Å². The van der Waals surface area contributed by atoms with Crippen molar-refractivity contribution in [3.8, 4) is 5.75 Å². The van der Waals surface area contributed by atoms with Gasteiger partial charge in [0.25, 0.3) is 17.7 Å². The van der Waals surface area contributed by atoms with Crippen molar-refractivity contribution < 1.29 is 32.3 Å². The Morgan fingerprint density at radius 3 is 2.48 bits per heavy atom. The maximum atomic E-state index is 13.7. The van der Waals surface area contributed by atoms with Crippen LogP contribution in [0.25, 0.3) is 0 Å². The summed E-state index contributed by atoms with van der Waals surface area (Å²) in [6.45, 7) is -0.752. The molecule has 0 bridgehead atoms. The maximum Gasteiger partial charge on any atom is 0.283 e. The van der Waals surface area contributed by atoms with Crippen molar-refractivity contribution in [2.24, 2.45) is 0 Å². The van der Waals surface area contributed by atoms with Gasteiger partial charge in [0.15, 0.2) is 18.2 Å². The third-order valence-electron chi connectivity index (χ3n) is 3.35. The first-order valence-corrected chi connectivity index (χ1v) is 6.93. The Labute approximate surface area is 138 Å². The van der Waals surface area contributed by atoms with Crippen LogP contribution in [0, 0.1) is 17.5 Å². The van der Waals surface area contributed by atoms with Crippen LogP contribution in [-0.4, -0.2) is 29.3 Å². The molecule has 9 heteroatoms. The lowest BCUT2D eigenvalue weighted by atomic mass is 10.1. The fraction of sp³-hybridized carbons (Fsp3) is 0.0625. The zero-order chi connectivity index (χ0) is 18.1. The predicted molar refractivity (Wildman–Crippen MR) is 76.9 cm³/mol. The van der Waals surface area contributed by atoms with Crippen LogP contribution in [0.4, 0.5) is 13.2 Å². The average molecular weight is 350 g/mol. The number of amides is 3. The molecule has 0 fully saturated rings. The fourth-order valence-electron chi connectivity index (χ4n) is 2.24. The molecule has 0 radical (unpaired) electrons. The van der Waals surface area contributed by atoms with Crippen LogP contribution in [0.1, 0.15) is 20.7 Å². The van der Waals surface area contributed by atoms with E-state index >= 15 is 0 Å². The Balaban J connectivity index is 1.67. The topological polar surface area (TPSA) is 75.7 Å². The lowest BCUT2D eigenvalue weighted by Crippen LogP contribution is -2.47. The third kappa shape index (κ3) is 3.03. The number of nitrogens with zero attached hydrogens (tertiary/aromatic N) is 1. The zero-order valence-corrected chi connectivity index (χ0v) is 12.4. The minimum Gasteiger partial charge on any atom is -0.481 e. The number of ether oxygens (including phenoxy) is 1. The number of hydrazine groups is 1. The van der Waals surface area contributed by atoms with Gasteiger partial charge in [0.05, 0.1) is 11.1 Å². The van der Waals surface area contributed by atoms with Crippen molar-refractivity contribution in [3.63, 3.8) is 0 Å². The van der Waals surface area contributed by atoms with Gasteiger partial charge >= 0.3 is 0 Å². The van der Waals surface area contributed by atoms with E-state index in [1.165, 1.54) is 12.1 Å². The largest absolute Gasteiger partial charge is 0.481 e. The maximum absolute atomic E-state index is 13.7. The van der Waals surface area contributed by atoms with E-state index in [9.17, 15) is 27.6 Å². The molecule has 3 amide bonds. The fourth-order valence-corrected chi connectivity index (χ4v) is 2.24. The van der Waals surface area contributed by atoms with Crippen LogP contribution in [0.5, 0.6) is 5.75 Å². The van der Waals surface area contributed by atoms with E-state index in [0.717, 1.165) is 18.2 Å². The van der Waals surface area contributed by atoms with E-state index < -0.39 is 47.3 Å². The molecule has 2 aromatic rings. The molecular formula is C16H9F3N2O4. The SMILES string of the molecule is O=C(COc1ccc(F)cc1F)NN1C(=O)c2cccc(F)c2C1=O. The lowest BCUT2D eigenvalue weighted by molar-refractivity contribution is -0.126. The summed E-state index contributed by atoms with van der Waals surface area (Å²) in [5.74, 6) is -6.00. The highest BCUT2D eigenvalue weighted by atomic mass is 19.1. The Morgan fingerprint density at radius 1 is 1.04 bits per heavy atom. The molecule has 1 N–H and O–H groups in total. The van der Waals surface area contributed by atoms with Crippen LogP contribution < -0.4 is 10.2 Å². The highest BCUT2D eigenvalue weighted by Gasteiger charge is 2.39. The molecule has 1 aliphatic rings. The number of hydrogen-bond donors (Lipinski definition) is 1. The molecule has 0 saturated carbocycles. The van der Waals surface area contributed by atoms with Crippen molar-refractivity contribution in [2.45, 2.75) is 0 Å². The van der Waals surface area contributed by atoms with Gasteiger partial charge in [0.1, 0.15) is 11.6 Å². The number of nitrogens with one attached hydrogen (secondary N) is 1. The molecule has 1 heterocycles. The van der Waals surface area contributed by atoms with Crippen molar-refractivity contribution in [1.29, 1.82) is 0 Å². The summed E-state index contributed by atoms with van der Waals surface area (Å²) >= 11 is 0. The van der Waals surface area contributed by atoms with Crippen molar-refractivity contribution >= 4 is 17.7 Å². The van der Waals surface area contributed by atoms with Gasteiger partial charge < -0.3 is 4.74 Å². The molecule has 2 aromatic carbocycles. The Hall–Kier alpha value is -3.36.